The van der Waals surface area contributed by atoms with Crippen molar-refractivity contribution in [3.05, 3.63) is 28.2 Å². The quantitative estimate of drug-likeness (QED) is 0.588. The maximum Gasteiger partial charge on any atom is 0.335 e. The molecule has 0 spiro atoms. The van der Waals surface area contributed by atoms with Crippen molar-refractivity contribution in [3.8, 4) is 11.8 Å². The molecule has 19 heavy (non-hydrogen) atoms. The highest BCUT2D eigenvalue weighted by molar-refractivity contribution is 9.10. The zero-order chi connectivity index (χ0) is 14.3. The summed E-state index contributed by atoms with van der Waals surface area (Å²) in [5, 5.41) is 14.1. The minimum absolute atomic E-state index is 0.107. The van der Waals surface area contributed by atoms with Crippen LogP contribution in [0, 0.1) is 11.8 Å². The van der Waals surface area contributed by atoms with Gasteiger partial charge in [-0.2, -0.15) is 0 Å². The van der Waals surface area contributed by atoms with Crippen LogP contribution in [-0.4, -0.2) is 23.7 Å². The fraction of sp³-hybridized carbons (Fsp3) is 0.231. The van der Waals surface area contributed by atoms with E-state index in [1.807, 2.05) is 0 Å². The second kappa shape index (κ2) is 7.44. The third-order valence-corrected chi connectivity index (χ3v) is 2.87. The molecular formula is C13H13BrN2O3. The molecule has 0 atom stereocenters. The molecule has 0 aliphatic rings. The number of aromatic carboxylic acids is 1. The molecule has 0 saturated heterocycles. The molecule has 6 heteroatoms. The number of benzene rings is 1. The number of amides is 2. The van der Waals surface area contributed by atoms with E-state index in [0.717, 1.165) is 0 Å². The summed E-state index contributed by atoms with van der Waals surface area (Å²) in [4.78, 5) is 22.4. The summed E-state index contributed by atoms with van der Waals surface area (Å²) >= 11 is 3.24. The first-order valence-corrected chi connectivity index (χ1v) is 6.31. The summed E-state index contributed by atoms with van der Waals surface area (Å²) in [5.74, 6) is 4.50. The lowest BCUT2D eigenvalue weighted by molar-refractivity contribution is 0.0697. The Morgan fingerprint density at radius 2 is 2.16 bits per heavy atom. The van der Waals surface area contributed by atoms with Crippen LogP contribution in [0.1, 0.15) is 23.7 Å². The van der Waals surface area contributed by atoms with Crippen LogP contribution in [0.4, 0.5) is 10.5 Å². The standard InChI is InChI=1S/C13H13BrN2O3/c1-2-3-4-7-15-13(19)16-11-8-9(12(17)18)5-6-10(11)14/h5-6,8H,4,7H2,1H3,(H,17,18)(H2,15,16,19). The smallest absolute Gasteiger partial charge is 0.335 e. The number of urea groups is 1. The lowest BCUT2D eigenvalue weighted by Crippen LogP contribution is -2.29. The molecule has 1 rings (SSSR count). The number of carboxylic acids is 1. The van der Waals surface area contributed by atoms with Crippen molar-refractivity contribution in [2.45, 2.75) is 13.3 Å². The van der Waals surface area contributed by atoms with Crippen LogP contribution < -0.4 is 10.6 Å². The first kappa shape index (κ1) is 15.1. The maximum absolute atomic E-state index is 11.6. The molecule has 0 unspecified atom stereocenters. The average molecular weight is 325 g/mol. The number of anilines is 1. The van der Waals surface area contributed by atoms with Gasteiger partial charge < -0.3 is 15.7 Å². The predicted molar refractivity (Wildman–Crippen MR) is 76.2 cm³/mol. The van der Waals surface area contributed by atoms with Crippen molar-refractivity contribution >= 4 is 33.6 Å². The minimum atomic E-state index is -1.05. The highest BCUT2D eigenvalue weighted by Crippen LogP contribution is 2.23. The molecule has 0 aromatic heterocycles. The second-order valence-electron chi connectivity index (χ2n) is 3.56. The Balaban J connectivity index is 2.64. The highest BCUT2D eigenvalue weighted by Gasteiger charge is 2.09. The largest absolute Gasteiger partial charge is 0.478 e. The molecule has 0 fully saturated rings. The number of carbonyl (C=O) groups is 2. The van der Waals surface area contributed by atoms with Gasteiger partial charge in [0.15, 0.2) is 0 Å². The Labute approximate surface area is 119 Å². The molecule has 3 N–H and O–H groups in total. The van der Waals surface area contributed by atoms with Gasteiger partial charge in [0.25, 0.3) is 0 Å². The first-order valence-electron chi connectivity index (χ1n) is 5.52. The van der Waals surface area contributed by atoms with E-state index in [-0.39, 0.29) is 5.56 Å². The van der Waals surface area contributed by atoms with Crippen molar-refractivity contribution in [2.75, 3.05) is 11.9 Å². The normalized spacial score (nSPS) is 9.16. The molecule has 100 valence electrons. The molecular weight excluding hydrogens is 312 g/mol. The number of halogens is 1. The molecule has 5 nitrogen and oxygen atoms in total. The van der Waals surface area contributed by atoms with Gasteiger partial charge in [0.1, 0.15) is 0 Å². The Hall–Kier alpha value is -2.00. The number of carbonyl (C=O) groups excluding carboxylic acids is 1. The molecule has 1 aromatic carbocycles. The first-order chi connectivity index (χ1) is 9.04. The Kier molecular flexibility index (Phi) is 5.90. The minimum Gasteiger partial charge on any atom is -0.478 e. The zero-order valence-electron chi connectivity index (χ0n) is 10.3. The van der Waals surface area contributed by atoms with Gasteiger partial charge in [-0.1, -0.05) is 0 Å². The summed E-state index contributed by atoms with van der Waals surface area (Å²) in [6.45, 7) is 2.16. The highest BCUT2D eigenvalue weighted by atomic mass is 79.9. The van der Waals surface area contributed by atoms with Crippen molar-refractivity contribution in [1.82, 2.24) is 5.32 Å². The van der Waals surface area contributed by atoms with Crippen LogP contribution in [0.2, 0.25) is 0 Å². The zero-order valence-corrected chi connectivity index (χ0v) is 11.9. The number of nitrogens with one attached hydrogen (secondary N) is 2. The van der Waals surface area contributed by atoms with Crippen molar-refractivity contribution in [2.24, 2.45) is 0 Å². The van der Waals surface area contributed by atoms with Gasteiger partial charge in [-0.05, 0) is 41.1 Å². The molecule has 0 heterocycles. The van der Waals surface area contributed by atoms with Crippen molar-refractivity contribution in [1.29, 1.82) is 0 Å². The van der Waals surface area contributed by atoms with E-state index < -0.39 is 12.0 Å². The van der Waals surface area contributed by atoms with Gasteiger partial charge in [-0.15, -0.1) is 11.8 Å². The summed E-state index contributed by atoms with van der Waals surface area (Å²) in [6.07, 6.45) is 0.570. The molecule has 0 radical (unpaired) electrons. The van der Waals surface area contributed by atoms with Gasteiger partial charge in [-0.25, -0.2) is 9.59 Å². The molecule has 1 aromatic rings. The van der Waals surface area contributed by atoms with E-state index in [1.54, 1.807) is 13.0 Å². The van der Waals surface area contributed by atoms with Crippen LogP contribution in [-0.2, 0) is 0 Å². The Bertz CT molecular complexity index is 547. The molecule has 2 amide bonds. The maximum atomic E-state index is 11.6. The summed E-state index contributed by atoms with van der Waals surface area (Å²) in [6, 6.07) is 4.01. The number of carboxylic acid groups (broad SMARTS) is 1. The van der Waals surface area contributed by atoms with E-state index in [0.29, 0.717) is 23.1 Å². The SMILES string of the molecule is CC#CCCNC(=O)Nc1cc(C(=O)O)ccc1Br. The van der Waals surface area contributed by atoms with E-state index in [4.69, 9.17) is 5.11 Å². The number of hydrogen-bond donors (Lipinski definition) is 3. The topological polar surface area (TPSA) is 78.4 Å². The number of hydrogen-bond acceptors (Lipinski definition) is 2. The fourth-order valence-electron chi connectivity index (χ4n) is 1.28. The average Bonchev–Trinajstić information content (AvgIpc) is 2.37. The molecule has 0 saturated carbocycles. The Morgan fingerprint density at radius 1 is 1.42 bits per heavy atom. The number of rotatable bonds is 4. The van der Waals surface area contributed by atoms with Gasteiger partial charge in [0, 0.05) is 17.4 Å². The monoisotopic (exact) mass is 324 g/mol. The molecule has 0 aliphatic carbocycles. The summed E-state index contributed by atoms with van der Waals surface area (Å²) in [5.41, 5.74) is 0.509. The van der Waals surface area contributed by atoms with Gasteiger partial charge in [0.2, 0.25) is 0 Å². The third kappa shape index (κ3) is 5.02. The van der Waals surface area contributed by atoms with Crippen LogP contribution in [0.3, 0.4) is 0 Å². The summed E-state index contributed by atoms with van der Waals surface area (Å²) < 4.78 is 0.612. The van der Waals surface area contributed by atoms with Crippen LogP contribution in [0.15, 0.2) is 22.7 Å². The molecule has 0 aliphatic heterocycles. The van der Waals surface area contributed by atoms with Crippen LogP contribution >= 0.6 is 15.9 Å². The predicted octanol–water partition coefficient (Wildman–Crippen LogP) is 2.68. The lowest BCUT2D eigenvalue weighted by Gasteiger charge is -2.09. The van der Waals surface area contributed by atoms with Gasteiger partial charge in [-0.3, -0.25) is 0 Å². The van der Waals surface area contributed by atoms with Gasteiger partial charge >= 0.3 is 12.0 Å². The fourth-order valence-corrected chi connectivity index (χ4v) is 1.63. The van der Waals surface area contributed by atoms with Crippen molar-refractivity contribution in [3.63, 3.8) is 0 Å². The van der Waals surface area contributed by atoms with Crippen LogP contribution in [0.5, 0.6) is 0 Å². The second-order valence-corrected chi connectivity index (χ2v) is 4.41. The molecule has 0 bridgehead atoms. The van der Waals surface area contributed by atoms with Gasteiger partial charge in [0.05, 0.1) is 11.3 Å². The van der Waals surface area contributed by atoms with E-state index >= 15 is 0 Å². The van der Waals surface area contributed by atoms with E-state index in [9.17, 15) is 9.59 Å². The third-order valence-electron chi connectivity index (χ3n) is 2.17. The van der Waals surface area contributed by atoms with E-state index in [2.05, 4.69) is 38.4 Å². The summed E-state index contributed by atoms with van der Waals surface area (Å²) in [7, 11) is 0. The van der Waals surface area contributed by atoms with E-state index in [1.165, 1.54) is 12.1 Å². The Morgan fingerprint density at radius 3 is 2.79 bits per heavy atom. The van der Waals surface area contributed by atoms with Crippen LogP contribution in [0.25, 0.3) is 0 Å². The van der Waals surface area contributed by atoms with Crippen molar-refractivity contribution < 1.29 is 14.7 Å². The lowest BCUT2D eigenvalue weighted by atomic mass is 10.2.